The van der Waals surface area contributed by atoms with Crippen LogP contribution < -0.4 is 4.72 Å². The maximum Gasteiger partial charge on any atom is 0.289 e. The number of rotatable bonds is 9. The first-order valence-corrected chi connectivity index (χ1v) is 8.23. The predicted molar refractivity (Wildman–Crippen MR) is 78.6 cm³/mol. The lowest BCUT2D eigenvalue weighted by Gasteiger charge is -2.09. The molecule has 0 aromatic heterocycles. The standard InChI is InChI=1S/C13H20N2O5S/c1-11-7-6-8-12(15(17)18)13(11)21(19,20)14-9-4-2-3-5-10-16/h6-8,14,16H,2-5,9-10H2,1H3. The molecule has 0 aliphatic carbocycles. The molecule has 0 amide bonds. The molecule has 0 unspecified atom stereocenters. The van der Waals surface area contributed by atoms with Gasteiger partial charge in [0.1, 0.15) is 0 Å². The quantitative estimate of drug-likeness (QED) is 0.409. The number of nitro benzene ring substituents is 1. The summed E-state index contributed by atoms with van der Waals surface area (Å²) in [6, 6.07) is 4.17. The van der Waals surface area contributed by atoms with Gasteiger partial charge < -0.3 is 5.11 Å². The third-order valence-corrected chi connectivity index (χ3v) is 4.69. The normalized spacial score (nSPS) is 11.5. The largest absolute Gasteiger partial charge is 0.396 e. The smallest absolute Gasteiger partial charge is 0.289 e. The number of hydrogen-bond donors (Lipinski definition) is 2. The summed E-state index contributed by atoms with van der Waals surface area (Å²) in [6.45, 7) is 1.88. The topological polar surface area (TPSA) is 110 Å². The van der Waals surface area contributed by atoms with Crippen LogP contribution in [-0.2, 0) is 10.0 Å². The Morgan fingerprint density at radius 2 is 1.90 bits per heavy atom. The lowest BCUT2D eigenvalue weighted by molar-refractivity contribution is -0.387. The molecule has 7 nitrogen and oxygen atoms in total. The molecular weight excluding hydrogens is 296 g/mol. The second-order valence-electron chi connectivity index (χ2n) is 4.72. The molecule has 0 radical (unpaired) electrons. The van der Waals surface area contributed by atoms with Crippen molar-refractivity contribution >= 4 is 15.7 Å². The Kier molecular flexibility index (Phi) is 6.73. The zero-order valence-electron chi connectivity index (χ0n) is 11.9. The van der Waals surface area contributed by atoms with Gasteiger partial charge in [0, 0.05) is 19.2 Å². The molecule has 2 N–H and O–H groups in total. The Hall–Kier alpha value is -1.51. The van der Waals surface area contributed by atoms with E-state index in [1.165, 1.54) is 25.1 Å². The van der Waals surface area contributed by atoms with Gasteiger partial charge in [-0.2, -0.15) is 0 Å². The van der Waals surface area contributed by atoms with E-state index < -0.39 is 20.6 Å². The summed E-state index contributed by atoms with van der Waals surface area (Å²) in [6.07, 6.45) is 2.93. The Morgan fingerprint density at radius 3 is 2.52 bits per heavy atom. The highest BCUT2D eigenvalue weighted by molar-refractivity contribution is 7.89. The van der Waals surface area contributed by atoms with Crippen molar-refractivity contribution in [3.05, 3.63) is 33.9 Å². The summed E-state index contributed by atoms with van der Waals surface area (Å²) in [5.74, 6) is 0. The molecular formula is C13H20N2O5S. The molecule has 0 aliphatic heterocycles. The van der Waals surface area contributed by atoms with Crippen LogP contribution in [0.1, 0.15) is 31.2 Å². The minimum absolute atomic E-state index is 0.126. The molecule has 0 spiro atoms. The molecule has 0 saturated carbocycles. The Bertz CT molecular complexity index is 586. The van der Waals surface area contributed by atoms with Crippen molar-refractivity contribution in [3.63, 3.8) is 0 Å². The molecule has 1 aromatic rings. The molecule has 0 heterocycles. The van der Waals surface area contributed by atoms with Gasteiger partial charge in [0.05, 0.1) is 4.92 Å². The number of unbranched alkanes of at least 4 members (excludes halogenated alkanes) is 3. The third kappa shape index (κ3) is 5.07. The van der Waals surface area contributed by atoms with Crippen LogP contribution in [0.15, 0.2) is 23.1 Å². The number of nitro groups is 1. The molecule has 118 valence electrons. The van der Waals surface area contributed by atoms with E-state index in [1.807, 2.05) is 0 Å². The summed E-state index contributed by atoms with van der Waals surface area (Å²) in [5.41, 5.74) is -0.0697. The predicted octanol–water partition coefficient (Wildman–Crippen LogP) is 1.73. The number of nitrogens with one attached hydrogen (secondary N) is 1. The van der Waals surface area contributed by atoms with E-state index in [-0.39, 0.29) is 18.0 Å². The average Bonchev–Trinajstić information content (AvgIpc) is 2.42. The number of sulfonamides is 1. The monoisotopic (exact) mass is 316 g/mol. The van der Waals surface area contributed by atoms with E-state index in [0.29, 0.717) is 18.4 Å². The van der Waals surface area contributed by atoms with Crippen LogP contribution in [0, 0.1) is 17.0 Å². The van der Waals surface area contributed by atoms with Crippen molar-refractivity contribution in [3.8, 4) is 0 Å². The molecule has 0 bridgehead atoms. The van der Waals surface area contributed by atoms with Crippen LogP contribution in [0.4, 0.5) is 5.69 Å². The maximum absolute atomic E-state index is 12.2. The van der Waals surface area contributed by atoms with Crippen molar-refractivity contribution < 1.29 is 18.4 Å². The SMILES string of the molecule is Cc1cccc([N+](=O)[O-])c1S(=O)(=O)NCCCCCCO. The lowest BCUT2D eigenvalue weighted by Crippen LogP contribution is -2.26. The third-order valence-electron chi connectivity index (χ3n) is 3.03. The highest BCUT2D eigenvalue weighted by Crippen LogP contribution is 2.26. The highest BCUT2D eigenvalue weighted by Gasteiger charge is 2.27. The van der Waals surface area contributed by atoms with Gasteiger partial charge in [-0.05, 0) is 25.3 Å². The van der Waals surface area contributed by atoms with Gasteiger partial charge in [0.25, 0.3) is 5.69 Å². The summed E-state index contributed by atoms with van der Waals surface area (Å²) < 4.78 is 26.8. The van der Waals surface area contributed by atoms with Gasteiger partial charge in [-0.25, -0.2) is 13.1 Å². The Morgan fingerprint density at radius 1 is 1.24 bits per heavy atom. The van der Waals surface area contributed by atoms with Crippen LogP contribution in [0.3, 0.4) is 0 Å². The van der Waals surface area contributed by atoms with Crippen LogP contribution >= 0.6 is 0 Å². The summed E-state index contributed by atoms with van der Waals surface area (Å²) in [4.78, 5) is 9.99. The van der Waals surface area contributed by atoms with Gasteiger partial charge in [-0.1, -0.05) is 25.0 Å². The van der Waals surface area contributed by atoms with Crippen LogP contribution in [0.25, 0.3) is 0 Å². The second kappa shape index (κ2) is 8.06. The van der Waals surface area contributed by atoms with Crippen LogP contribution in [0.2, 0.25) is 0 Å². The Balaban J connectivity index is 2.77. The second-order valence-corrected chi connectivity index (χ2v) is 6.42. The molecule has 0 aliphatic rings. The summed E-state index contributed by atoms with van der Waals surface area (Å²) >= 11 is 0. The number of hydrogen-bond acceptors (Lipinski definition) is 5. The minimum Gasteiger partial charge on any atom is -0.396 e. The first-order valence-electron chi connectivity index (χ1n) is 6.74. The van der Waals surface area contributed by atoms with E-state index in [4.69, 9.17) is 5.11 Å². The number of aliphatic hydroxyl groups excluding tert-OH is 1. The Labute approximate surface area is 124 Å². The molecule has 0 atom stereocenters. The number of benzene rings is 1. The number of nitrogens with zero attached hydrogens (tertiary/aromatic N) is 1. The molecule has 1 rings (SSSR count). The molecule has 0 fully saturated rings. The van der Waals surface area contributed by atoms with Crippen molar-refractivity contribution in [2.75, 3.05) is 13.2 Å². The van der Waals surface area contributed by atoms with E-state index in [0.717, 1.165) is 12.8 Å². The van der Waals surface area contributed by atoms with Crippen molar-refractivity contribution in [2.24, 2.45) is 0 Å². The van der Waals surface area contributed by atoms with E-state index in [2.05, 4.69) is 4.72 Å². The van der Waals surface area contributed by atoms with Crippen LogP contribution in [-0.4, -0.2) is 31.6 Å². The van der Waals surface area contributed by atoms with Gasteiger partial charge in [0.15, 0.2) is 4.90 Å². The molecule has 21 heavy (non-hydrogen) atoms. The fraction of sp³-hybridized carbons (Fsp3) is 0.538. The van der Waals surface area contributed by atoms with Crippen molar-refractivity contribution in [1.29, 1.82) is 0 Å². The molecule has 0 saturated heterocycles. The van der Waals surface area contributed by atoms with E-state index in [1.54, 1.807) is 0 Å². The van der Waals surface area contributed by atoms with Gasteiger partial charge >= 0.3 is 0 Å². The van der Waals surface area contributed by atoms with Gasteiger partial charge in [0.2, 0.25) is 10.0 Å². The van der Waals surface area contributed by atoms with Crippen LogP contribution in [0.5, 0.6) is 0 Å². The average molecular weight is 316 g/mol. The van der Waals surface area contributed by atoms with Crippen molar-refractivity contribution in [2.45, 2.75) is 37.5 Å². The lowest BCUT2D eigenvalue weighted by atomic mass is 10.2. The van der Waals surface area contributed by atoms with E-state index in [9.17, 15) is 18.5 Å². The first kappa shape index (κ1) is 17.5. The van der Waals surface area contributed by atoms with E-state index >= 15 is 0 Å². The zero-order valence-corrected chi connectivity index (χ0v) is 12.7. The number of aryl methyl sites for hydroxylation is 1. The minimum atomic E-state index is -3.90. The summed E-state index contributed by atoms with van der Waals surface area (Å²) in [5, 5.41) is 19.6. The highest BCUT2D eigenvalue weighted by atomic mass is 32.2. The summed E-state index contributed by atoms with van der Waals surface area (Å²) in [7, 11) is -3.90. The fourth-order valence-corrected chi connectivity index (χ4v) is 3.47. The zero-order chi connectivity index (χ0) is 15.9. The fourth-order valence-electron chi connectivity index (χ4n) is 2.00. The molecule has 8 heteroatoms. The number of aliphatic hydroxyl groups is 1. The van der Waals surface area contributed by atoms with Crippen molar-refractivity contribution in [1.82, 2.24) is 4.72 Å². The van der Waals surface area contributed by atoms with Gasteiger partial charge in [-0.3, -0.25) is 10.1 Å². The molecule has 1 aromatic carbocycles. The van der Waals surface area contributed by atoms with Gasteiger partial charge in [-0.15, -0.1) is 0 Å². The maximum atomic E-state index is 12.2. The first-order chi connectivity index (χ1) is 9.90.